The highest BCUT2D eigenvalue weighted by Gasteiger charge is 2.39. The second kappa shape index (κ2) is 4.61. The third-order valence-electron chi connectivity index (χ3n) is 2.91. The molecule has 1 N–H and O–H groups in total. The summed E-state index contributed by atoms with van der Waals surface area (Å²) in [5.74, 6) is -1.61. The summed E-state index contributed by atoms with van der Waals surface area (Å²) < 4.78 is 34.4. The minimum Gasteiger partial charge on any atom is -0.478 e. The maximum absolute atomic E-state index is 12.8. The number of hydrogen-bond donors (Lipinski definition) is 1. The van der Waals surface area contributed by atoms with Crippen molar-refractivity contribution >= 4 is 27.8 Å². The molecule has 0 aromatic heterocycles. The van der Waals surface area contributed by atoms with Crippen LogP contribution in [-0.4, -0.2) is 37.2 Å². The van der Waals surface area contributed by atoms with Crippen LogP contribution in [0, 0.1) is 0 Å². The van der Waals surface area contributed by atoms with Crippen LogP contribution in [0.5, 0.6) is 0 Å². The second-order valence-corrected chi connectivity index (χ2v) is 5.78. The van der Waals surface area contributed by atoms with Gasteiger partial charge in [0.25, 0.3) is 0 Å². The van der Waals surface area contributed by atoms with Gasteiger partial charge in [-0.25, -0.2) is 4.79 Å². The lowest BCUT2D eigenvalue weighted by Gasteiger charge is -2.16. The first-order valence-corrected chi connectivity index (χ1v) is 6.81. The number of carboxylic acid groups (broad SMARTS) is 1. The molecule has 1 aliphatic rings. The Morgan fingerprint density at radius 3 is 2.32 bits per heavy atom. The van der Waals surface area contributed by atoms with E-state index < -0.39 is 33.8 Å². The van der Waals surface area contributed by atoms with E-state index in [1.54, 1.807) is 0 Å². The average Bonchev–Trinajstić information content (AvgIpc) is 2.71. The van der Waals surface area contributed by atoms with Crippen molar-refractivity contribution in [2.24, 2.45) is 0 Å². The number of aromatic carboxylic acids is 1. The molecule has 102 valence electrons. The van der Waals surface area contributed by atoms with Gasteiger partial charge in [0.2, 0.25) is 5.91 Å². The minimum absolute atomic E-state index is 0.0464. The van der Waals surface area contributed by atoms with Crippen LogP contribution in [0.3, 0.4) is 0 Å². The molecule has 2 rings (SSSR count). The van der Waals surface area contributed by atoms with Crippen molar-refractivity contribution < 1.29 is 27.0 Å². The molecule has 1 atom stereocenters. The predicted molar refractivity (Wildman–Crippen MR) is 64.2 cm³/mol. The van der Waals surface area contributed by atoms with Crippen molar-refractivity contribution in [1.82, 2.24) is 0 Å². The smallest absolute Gasteiger partial charge is 0.335 e. The molecule has 1 fully saturated rings. The summed E-state index contributed by atoms with van der Waals surface area (Å²) in [6.07, 6.45) is -0.403. The highest BCUT2D eigenvalue weighted by atomic mass is 32.3. The number of anilines is 1. The fourth-order valence-electron chi connectivity index (χ4n) is 1.90. The summed E-state index contributed by atoms with van der Waals surface area (Å²) in [6, 6.07) is 5.35. The lowest BCUT2D eigenvalue weighted by Crippen LogP contribution is -2.26. The first-order chi connectivity index (χ1) is 8.79. The van der Waals surface area contributed by atoms with Crippen LogP contribution in [-0.2, 0) is 15.0 Å². The molecular formula is C11H10FNO5S. The SMILES string of the molecule is O=C(O)c1ccc(N2CC(S(=O)(=O)F)CC2=O)cc1. The fraction of sp³-hybridized carbons (Fsp3) is 0.273. The maximum Gasteiger partial charge on any atom is 0.335 e. The average molecular weight is 287 g/mol. The largest absolute Gasteiger partial charge is 0.478 e. The minimum atomic E-state index is -4.75. The standard InChI is InChI=1S/C11H10FNO5S/c12-19(17,18)9-5-10(14)13(6-9)8-3-1-7(2-4-8)11(15)16/h1-4,9H,5-6H2,(H,15,16). The first-order valence-electron chi connectivity index (χ1n) is 5.36. The van der Waals surface area contributed by atoms with Crippen molar-refractivity contribution in [3.05, 3.63) is 29.8 Å². The molecular weight excluding hydrogens is 277 g/mol. The zero-order chi connectivity index (χ0) is 14.2. The van der Waals surface area contributed by atoms with E-state index in [1.807, 2.05) is 0 Å². The van der Waals surface area contributed by atoms with E-state index in [9.17, 15) is 21.9 Å². The van der Waals surface area contributed by atoms with E-state index in [2.05, 4.69) is 0 Å². The molecule has 8 heteroatoms. The van der Waals surface area contributed by atoms with Gasteiger partial charge >= 0.3 is 16.2 Å². The van der Waals surface area contributed by atoms with Crippen molar-refractivity contribution in [3.63, 3.8) is 0 Å². The van der Waals surface area contributed by atoms with Gasteiger partial charge in [-0.05, 0) is 24.3 Å². The summed E-state index contributed by atoms with van der Waals surface area (Å²) >= 11 is 0. The topological polar surface area (TPSA) is 91.8 Å². The lowest BCUT2D eigenvalue weighted by atomic mass is 10.2. The third-order valence-corrected chi connectivity index (χ3v) is 4.03. The third kappa shape index (κ3) is 2.73. The van der Waals surface area contributed by atoms with Crippen LogP contribution in [0.2, 0.25) is 0 Å². The Balaban J connectivity index is 2.23. The summed E-state index contributed by atoms with van der Waals surface area (Å²) in [7, 11) is -4.75. The van der Waals surface area contributed by atoms with Gasteiger partial charge in [0, 0.05) is 18.7 Å². The molecule has 1 aromatic rings. The van der Waals surface area contributed by atoms with E-state index in [1.165, 1.54) is 24.3 Å². The molecule has 1 unspecified atom stereocenters. The highest BCUT2D eigenvalue weighted by Crippen LogP contribution is 2.26. The van der Waals surface area contributed by atoms with Crippen LogP contribution in [0.1, 0.15) is 16.8 Å². The van der Waals surface area contributed by atoms with Crippen LogP contribution in [0.4, 0.5) is 9.57 Å². The molecule has 0 radical (unpaired) electrons. The first kappa shape index (κ1) is 13.5. The number of nitrogens with zero attached hydrogens (tertiary/aromatic N) is 1. The Bertz CT molecular complexity index is 625. The maximum atomic E-state index is 12.8. The molecule has 1 saturated heterocycles. The Labute approximate surface area is 108 Å². The monoisotopic (exact) mass is 287 g/mol. The number of amides is 1. The van der Waals surface area contributed by atoms with Gasteiger partial charge < -0.3 is 10.0 Å². The molecule has 0 aliphatic carbocycles. The molecule has 0 saturated carbocycles. The van der Waals surface area contributed by atoms with Crippen molar-refractivity contribution in [3.8, 4) is 0 Å². The number of carbonyl (C=O) groups is 2. The van der Waals surface area contributed by atoms with E-state index in [-0.39, 0.29) is 12.1 Å². The second-order valence-electron chi connectivity index (χ2n) is 4.16. The van der Waals surface area contributed by atoms with Crippen LogP contribution >= 0.6 is 0 Å². The van der Waals surface area contributed by atoms with Gasteiger partial charge in [0.1, 0.15) is 5.25 Å². The quantitative estimate of drug-likeness (QED) is 0.830. The number of hydrogen-bond acceptors (Lipinski definition) is 4. The van der Waals surface area contributed by atoms with Crippen LogP contribution < -0.4 is 4.90 Å². The van der Waals surface area contributed by atoms with Crippen molar-refractivity contribution in [1.29, 1.82) is 0 Å². The Morgan fingerprint density at radius 1 is 1.32 bits per heavy atom. The van der Waals surface area contributed by atoms with E-state index >= 15 is 0 Å². The van der Waals surface area contributed by atoms with Crippen molar-refractivity contribution in [2.45, 2.75) is 11.7 Å². The van der Waals surface area contributed by atoms with Crippen LogP contribution in [0.25, 0.3) is 0 Å². The van der Waals surface area contributed by atoms with E-state index in [0.717, 1.165) is 4.90 Å². The molecule has 0 bridgehead atoms. The Hall–Kier alpha value is -1.96. The zero-order valence-electron chi connectivity index (χ0n) is 9.61. The molecule has 1 amide bonds. The van der Waals surface area contributed by atoms with E-state index in [4.69, 9.17) is 5.11 Å². The molecule has 6 nitrogen and oxygen atoms in total. The van der Waals surface area contributed by atoms with Gasteiger partial charge in [-0.15, -0.1) is 3.89 Å². The number of halogens is 1. The van der Waals surface area contributed by atoms with Crippen LogP contribution in [0.15, 0.2) is 24.3 Å². The Morgan fingerprint density at radius 2 is 1.89 bits per heavy atom. The number of carboxylic acids is 1. The highest BCUT2D eigenvalue weighted by molar-refractivity contribution is 7.87. The predicted octanol–water partition coefficient (Wildman–Crippen LogP) is 0.789. The molecule has 1 aromatic carbocycles. The normalized spacial score (nSPS) is 19.7. The molecule has 1 heterocycles. The number of benzene rings is 1. The zero-order valence-corrected chi connectivity index (χ0v) is 10.4. The van der Waals surface area contributed by atoms with Gasteiger partial charge in [-0.2, -0.15) is 8.42 Å². The number of carbonyl (C=O) groups excluding carboxylic acids is 1. The summed E-state index contributed by atoms with van der Waals surface area (Å²) in [4.78, 5) is 23.4. The van der Waals surface area contributed by atoms with Gasteiger partial charge in [0.15, 0.2) is 0 Å². The van der Waals surface area contributed by atoms with Crippen molar-refractivity contribution in [2.75, 3.05) is 11.4 Å². The molecule has 1 aliphatic heterocycles. The Kier molecular flexibility index (Phi) is 3.27. The number of rotatable bonds is 3. The molecule has 19 heavy (non-hydrogen) atoms. The van der Waals surface area contributed by atoms with E-state index in [0.29, 0.717) is 5.69 Å². The van der Waals surface area contributed by atoms with Gasteiger partial charge in [-0.1, -0.05) is 0 Å². The summed E-state index contributed by atoms with van der Waals surface area (Å²) in [6.45, 7) is -0.260. The van der Waals surface area contributed by atoms with Gasteiger partial charge in [-0.3, -0.25) is 4.79 Å². The summed E-state index contributed by atoms with van der Waals surface area (Å²) in [5.41, 5.74) is 0.395. The summed E-state index contributed by atoms with van der Waals surface area (Å²) in [5, 5.41) is 7.37. The lowest BCUT2D eigenvalue weighted by molar-refractivity contribution is -0.117. The fourth-order valence-corrected chi connectivity index (χ4v) is 2.57. The van der Waals surface area contributed by atoms with Gasteiger partial charge in [0.05, 0.1) is 5.56 Å². The molecule has 0 spiro atoms.